The van der Waals surface area contributed by atoms with Crippen LogP contribution in [-0.2, 0) is 9.59 Å². The maximum atomic E-state index is 12.5. The Balaban J connectivity index is 1.58. The molecule has 0 bridgehead atoms. The van der Waals surface area contributed by atoms with E-state index >= 15 is 0 Å². The molecule has 0 aliphatic carbocycles. The molecular formula is C22H24N4O3. The van der Waals surface area contributed by atoms with Crippen LogP contribution in [0.4, 0.5) is 5.69 Å². The summed E-state index contributed by atoms with van der Waals surface area (Å²) in [5.41, 5.74) is 3.49. The number of anilines is 1. The third-order valence-electron chi connectivity index (χ3n) is 4.62. The molecule has 0 spiro atoms. The van der Waals surface area contributed by atoms with Crippen molar-refractivity contribution < 1.29 is 14.4 Å². The van der Waals surface area contributed by atoms with Gasteiger partial charge in [0.25, 0.3) is 11.8 Å². The average Bonchev–Trinajstić information content (AvgIpc) is 2.73. The average molecular weight is 392 g/mol. The lowest BCUT2D eigenvalue weighted by Gasteiger charge is -2.24. The van der Waals surface area contributed by atoms with Gasteiger partial charge in [0, 0.05) is 31.5 Å². The van der Waals surface area contributed by atoms with Crippen molar-refractivity contribution in [3.8, 4) is 0 Å². The van der Waals surface area contributed by atoms with Crippen LogP contribution in [0.1, 0.15) is 34.3 Å². The lowest BCUT2D eigenvalue weighted by molar-refractivity contribution is -0.119. The Morgan fingerprint density at radius 1 is 0.966 bits per heavy atom. The summed E-state index contributed by atoms with van der Waals surface area (Å²) in [5, 5.41) is 11.1. The predicted octanol–water partition coefficient (Wildman–Crippen LogP) is 2.33. The first-order valence-corrected chi connectivity index (χ1v) is 9.55. The first-order chi connectivity index (χ1) is 14.0. The minimum absolute atomic E-state index is 0.134. The van der Waals surface area contributed by atoms with Gasteiger partial charge in [0.2, 0.25) is 5.91 Å². The number of carbonyl (C=O) groups is 3. The SMILES string of the molecule is Cc1ccc(C)c(N2N=C(C(=O)NCCNC(=O)c3ccccc3)CCC2=O)c1. The lowest BCUT2D eigenvalue weighted by Crippen LogP contribution is -2.41. The molecule has 7 heteroatoms. The number of hydrogen-bond acceptors (Lipinski definition) is 4. The number of hydrogen-bond donors (Lipinski definition) is 2. The monoisotopic (exact) mass is 392 g/mol. The van der Waals surface area contributed by atoms with Crippen molar-refractivity contribution in [2.75, 3.05) is 18.1 Å². The third-order valence-corrected chi connectivity index (χ3v) is 4.62. The zero-order valence-electron chi connectivity index (χ0n) is 16.6. The van der Waals surface area contributed by atoms with Gasteiger partial charge in [0.1, 0.15) is 5.71 Å². The van der Waals surface area contributed by atoms with Crippen LogP contribution >= 0.6 is 0 Å². The van der Waals surface area contributed by atoms with Crippen LogP contribution in [-0.4, -0.2) is 36.5 Å². The van der Waals surface area contributed by atoms with Gasteiger partial charge in [-0.1, -0.05) is 30.3 Å². The molecule has 3 amide bonds. The quantitative estimate of drug-likeness (QED) is 0.739. The predicted molar refractivity (Wildman–Crippen MR) is 112 cm³/mol. The first kappa shape index (κ1) is 20.3. The van der Waals surface area contributed by atoms with Crippen molar-refractivity contribution in [3.05, 3.63) is 65.2 Å². The van der Waals surface area contributed by atoms with Crippen LogP contribution in [0.3, 0.4) is 0 Å². The molecule has 0 saturated carbocycles. The fourth-order valence-corrected chi connectivity index (χ4v) is 3.00. The molecule has 2 aromatic rings. The Hall–Kier alpha value is -3.48. The molecule has 0 radical (unpaired) electrons. The molecule has 1 heterocycles. The molecule has 150 valence electrons. The Kier molecular flexibility index (Phi) is 6.39. The highest BCUT2D eigenvalue weighted by molar-refractivity contribution is 6.40. The smallest absolute Gasteiger partial charge is 0.267 e. The highest BCUT2D eigenvalue weighted by Gasteiger charge is 2.26. The molecule has 0 aromatic heterocycles. The molecule has 0 atom stereocenters. The molecule has 2 N–H and O–H groups in total. The van der Waals surface area contributed by atoms with Gasteiger partial charge < -0.3 is 10.6 Å². The van der Waals surface area contributed by atoms with Crippen LogP contribution in [0, 0.1) is 13.8 Å². The van der Waals surface area contributed by atoms with Gasteiger partial charge >= 0.3 is 0 Å². The van der Waals surface area contributed by atoms with E-state index < -0.39 is 0 Å². The Morgan fingerprint density at radius 3 is 2.38 bits per heavy atom. The molecule has 3 rings (SSSR count). The van der Waals surface area contributed by atoms with Crippen LogP contribution in [0.5, 0.6) is 0 Å². The number of aryl methyl sites for hydroxylation is 2. The van der Waals surface area contributed by atoms with Gasteiger partial charge in [-0.15, -0.1) is 0 Å². The fraction of sp³-hybridized carbons (Fsp3) is 0.273. The molecule has 7 nitrogen and oxygen atoms in total. The molecule has 29 heavy (non-hydrogen) atoms. The van der Waals surface area contributed by atoms with Crippen molar-refractivity contribution >= 4 is 29.1 Å². The molecule has 0 fully saturated rings. The number of nitrogens with one attached hydrogen (secondary N) is 2. The van der Waals surface area contributed by atoms with E-state index in [-0.39, 0.29) is 30.7 Å². The number of hydrazone groups is 1. The van der Waals surface area contributed by atoms with Crippen LogP contribution < -0.4 is 15.6 Å². The Bertz CT molecular complexity index is 954. The largest absolute Gasteiger partial charge is 0.350 e. The van der Waals surface area contributed by atoms with Gasteiger partial charge in [-0.3, -0.25) is 14.4 Å². The molecule has 1 aliphatic rings. The van der Waals surface area contributed by atoms with E-state index in [0.29, 0.717) is 29.9 Å². The molecule has 2 aromatic carbocycles. The van der Waals surface area contributed by atoms with E-state index in [9.17, 15) is 14.4 Å². The Morgan fingerprint density at radius 2 is 1.66 bits per heavy atom. The highest BCUT2D eigenvalue weighted by Crippen LogP contribution is 2.25. The van der Waals surface area contributed by atoms with E-state index in [1.165, 1.54) is 5.01 Å². The molecule has 1 aliphatic heterocycles. The minimum Gasteiger partial charge on any atom is -0.350 e. The van der Waals surface area contributed by atoms with Crippen molar-refractivity contribution in [2.24, 2.45) is 5.10 Å². The summed E-state index contributed by atoms with van der Waals surface area (Å²) in [6.45, 7) is 4.42. The number of rotatable bonds is 6. The van der Waals surface area contributed by atoms with E-state index in [1.807, 2.05) is 38.1 Å². The number of benzene rings is 2. The topological polar surface area (TPSA) is 90.9 Å². The summed E-state index contributed by atoms with van der Waals surface area (Å²) in [4.78, 5) is 36.8. The maximum Gasteiger partial charge on any atom is 0.267 e. The third kappa shape index (κ3) is 5.07. The van der Waals surface area contributed by atoms with Gasteiger partial charge in [0.05, 0.1) is 5.69 Å². The summed E-state index contributed by atoms with van der Waals surface area (Å²) in [5.74, 6) is -0.659. The van der Waals surface area contributed by atoms with Gasteiger partial charge in [-0.2, -0.15) is 5.10 Å². The van der Waals surface area contributed by atoms with Crippen LogP contribution in [0.15, 0.2) is 53.6 Å². The van der Waals surface area contributed by atoms with Crippen molar-refractivity contribution in [3.63, 3.8) is 0 Å². The summed E-state index contributed by atoms with van der Waals surface area (Å²) in [6, 6.07) is 14.7. The van der Waals surface area contributed by atoms with E-state index in [4.69, 9.17) is 0 Å². The summed E-state index contributed by atoms with van der Waals surface area (Å²) in [7, 11) is 0. The van der Waals surface area contributed by atoms with E-state index in [2.05, 4.69) is 15.7 Å². The highest BCUT2D eigenvalue weighted by atomic mass is 16.2. The van der Waals surface area contributed by atoms with Crippen LogP contribution in [0.2, 0.25) is 0 Å². The normalized spacial score (nSPS) is 13.7. The van der Waals surface area contributed by atoms with Crippen molar-refractivity contribution in [1.29, 1.82) is 0 Å². The number of amides is 3. The number of carbonyl (C=O) groups excluding carboxylic acids is 3. The zero-order valence-corrected chi connectivity index (χ0v) is 16.6. The second kappa shape index (κ2) is 9.14. The molecule has 0 saturated heterocycles. The maximum absolute atomic E-state index is 12.5. The number of nitrogens with zero attached hydrogens (tertiary/aromatic N) is 2. The van der Waals surface area contributed by atoms with Crippen molar-refractivity contribution in [1.82, 2.24) is 10.6 Å². The second-order valence-electron chi connectivity index (χ2n) is 6.92. The summed E-state index contributed by atoms with van der Waals surface area (Å²) >= 11 is 0. The summed E-state index contributed by atoms with van der Waals surface area (Å²) < 4.78 is 0. The minimum atomic E-state index is -0.332. The molecule has 0 unspecified atom stereocenters. The standard InChI is InChI=1S/C22H24N4O3/c1-15-8-9-16(2)19(14-15)26-20(27)11-10-18(25-26)22(29)24-13-12-23-21(28)17-6-4-3-5-7-17/h3-9,14H,10-13H2,1-2H3,(H,23,28)(H,24,29). The Labute approximate surface area is 169 Å². The van der Waals surface area contributed by atoms with E-state index in [0.717, 1.165) is 11.1 Å². The molecular weight excluding hydrogens is 368 g/mol. The summed E-state index contributed by atoms with van der Waals surface area (Å²) in [6.07, 6.45) is 0.521. The lowest BCUT2D eigenvalue weighted by atomic mass is 10.1. The van der Waals surface area contributed by atoms with Crippen LogP contribution in [0.25, 0.3) is 0 Å². The first-order valence-electron chi connectivity index (χ1n) is 9.55. The van der Waals surface area contributed by atoms with E-state index in [1.54, 1.807) is 24.3 Å². The van der Waals surface area contributed by atoms with Gasteiger partial charge in [-0.25, -0.2) is 5.01 Å². The fourth-order valence-electron chi connectivity index (χ4n) is 3.00. The van der Waals surface area contributed by atoms with Gasteiger partial charge in [-0.05, 0) is 43.2 Å². The zero-order chi connectivity index (χ0) is 20.8. The second-order valence-corrected chi connectivity index (χ2v) is 6.92. The van der Waals surface area contributed by atoms with Gasteiger partial charge in [0.15, 0.2) is 0 Å². The van der Waals surface area contributed by atoms with Crippen molar-refractivity contribution in [2.45, 2.75) is 26.7 Å².